The second kappa shape index (κ2) is 6.56. The molecule has 116 valence electrons. The maximum absolute atomic E-state index is 2.48. The van der Waals surface area contributed by atoms with Gasteiger partial charge in [0.1, 0.15) is 0 Å². The first-order chi connectivity index (χ1) is 10.8. The Balaban J connectivity index is 2.16. The van der Waals surface area contributed by atoms with Crippen LogP contribution in [-0.2, 0) is 13.0 Å². The molecule has 3 aromatic rings. The highest BCUT2D eigenvalue weighted by Gasteiger charge is 2.14. The van der Waals surface area contributed by atoms with E-state index in [4.69, 9.17) is 0 Å². The molecule has 0 aliphatic carbocycles. The summed E-state index contributed by atoms with van der Waals surface area (Å²) in [6.07, 6.45) is 6.51. The van der Waals surface area contributed by atoms with Gasteiger partial charge in [0.2, 0.25) is 0 Å². The van der Waals surface area contributed by atoms with E-state index in [-0.39, 0.29) is 0 Å². The van der Waals surface area contributed by atoms with Crippen LogP contribution >= 0.6 is 0 Å². The van der Waals surface area contributed by atoms with Gasteiger partial charge >= 0.3 is 0 Å². The van der Waals surface area contributed by atoms with Crippen LogP contribution in [0.5, 0.6) is 0 Å². The molecule has 0 bridgehead atoms. The Labute approximate surface area is 133 Å². The molecule has 0 N–H and O–H groups in total. The van der Waals surface area contributed by atoms with Crippen LogP contribution in [0, 0.1) is 6.92 Å². The molecule has 0 atom stereocenters. The van der Waals surface area contributed by atoms with E-state index in [1.165, 1.54) is 65.0 Å². The maximum Gasteiger partial charge on any atom is 0.0523 e. The third-order valence-corrected chi connectivity index (χ3v) is 4.82. The van der Waals surface area contributed by atoms with E-state index in [1.54, 1.807) is 0 Å². The Kier molecular flexibility index (Phi) is 4.52. The van der Waals surface area contributed by atoms with E-state index in [9.17, 15) is 0 Å². The number of fused-ring (bicyclic) bond motifs is 3. The maximum atomic E-state index is 2.48. The van der Waals surface area contributed by atoms with Crippen LogP contribution in [0.2, 0.25) is 0 Å². The zero-order valence-corrected chi connectivity index (χ0v) is 14.2. The van der Waals surface area contributed by atoms with Crippen molar-refractivity contribution in [1.29, 1.82) is 0 Å². The fourth-order valence-electron chi connectivity index (χ4n) is 3.71. The molecule has 0 saturated heterocycles. The minimum Gasteiger partial charge on any atom is -0.341 e. The van der Waals surface area contributed by atoms with Crippen LogP contribution in [0.1, 0.15) is 50.7 Å². The summed E-state index contributed by atoms with van der Waals surface area (Å²) in [5.41, 5.74) is 5.74. The van der Waals surface area contributed by atoms with E-state index in [0.29, 0.717) is 0 Å². The molecule has 0 aliphatic rings. The van der Waals surface area contributed by atoms with Crippen LogP contribution < -0.4 is 0 Å². The molecule has 0 radical (unpaired) electrons. The Morgan fingerprint density at radius 2 is 1.73 bits per heavy atom. The molecule has 0 fully saturated rings. The zero-order valence-electron chi connectivity index (χ0n) is 14.2. The molecule has 0 saturated carbocycles. The predicted octanol–water partition coefficient (Wildman–Crippen LogP) is 6.25. The van der Waals surface area contributed by atoms with Crippen LogP contribution in [0.3, 0.4) is 0 Å². The summed E-state index contributed by atoms with van der Waals surface area (Å²) in [6.45, 7) is 7.80. The lowest BCUT2D eigenvalue weighted by Gasteiger charge is -2.09. The number of nitrogens with zero attached hydrogens (tertiary/aromatic N) is 1. The molecule has 1 heterocycles. The average Bonchev–Trinajstić information content (AvgIpc) is 2.89. The lowest BCUT2D eigenvalue weighted by molar-refractivity contribution is 0.668. The number of aromatic nitrogens is 1. The van der Waals surface area contributed by atoms with Crippen molar-refractivity contribution in [1.82, 2.24) is 4.57 Å². The van der Waals surface area contributed by atoms with Gasteiger partial charge in [-0.25, -0.2) is 0 Å². The number of rotatable bonds is 6. The third-order valence-electron chi connectivity index (χ3n) is 4.82. The summed E-state index contributed by atoms with van der Waals surface area (Å²) < 4.78 is 2.48. The van der Waals surface area contributed by atoms with E-state index in [2.05, 4.69) is 61.7 Å². The molecular weight excluding hydrogens is 266 g/mol. The van der Waals surface area contributed by atoms with E-state index >= 15 is 0 Å². The van der Waals surface area contributed by atoms with E-state index in [0.717, 1.165) is 6.54 Å². The fourth-order valence-corrected chi connectivity index (χ4v) is 3.71. The first kappa shape index (κ1) is 15.1. The van der Waals surface area contributed by atoms with Crippen LogP contribution in [0.25, 0.3) is 21.8 Å². The number of hydrogen-bond donors (Lipinski definition) is 0. The van der Waals surface area contributed by atoms with Gasteiger partial charge < -0.3 is 4.57 Å². The molecule has 0 aliphatic heterocycles. The van der Waals surface area contributed by atoms with Gasteiger partial charge in [-0.15, -0.1) is 0 Å². The predicted molar refractivity (Wildman–Crippen MR) is 97.7 cm³/mol. The van der Waals surface area contributed by atoms with E-state index in [1.807, 2.05) is 0 Å². The molecule has 0 unspecified atom stereocenters. The Hall–Kier alpha value is -1.76. The van der Waals surface area contributed by atoms with Crippen LogP contribution in [0.15, 0.2) is 36.4 Å². The van der Waals surface area contributed by atoms with Crippen LogP contribution in [-0.4, -0.2) is 4.57 Å². The number of benzene rings is 2. The molecule has 0 amide bonds. The smallest absolute Gasteiger partial charge is 0.0523 e. The van der Waals surface area contributed by atoms with Crippen molar-refractivity contribution in [2.45, 2.75) is 59.4 Å². The summed E-state index contributed by atoms with van der Waals surface area (Å²) in [6, 6.07) is 13.5. The highest BCUT2D eigenvalue weighted by molar-refractivity contribution is 6.10. The largest absolute Gasteiger partial charge is 0.341 e. The van der Waals surface area contributed by atoms with Crippen molar-refractivity contribution in [3.63, 3.8) is 0 Å². The molecule has 22 heavy (non-hydrogen) atoms. The number of unbranched alkanes of at least 4 members (excludes halogenated alkanes) is 3. The van der Waals surface area contributed by atoms with Gasteiger partial charge in [0.25, 0.3) is 0 Å². The third kappa shape index (κ3) is 2.54. The van der Waals surface area contributed by atoms with Crippen molar-refractivity contribution in [3.8, 4) is 0 Å². The molecule has 1 aromatic heterocycles. The molecule has 3 rings (SSSR count). The second-order valence-corrected chi connectivity index (χ2v) is 6.34. The first-order valence-corrected chi connectivity index (χ1v) is 8.77. The lowest BCUT2D eigenvalue weighted by atomic mass is 9.98. The lowest BCUT2D eigenvalue weighted by Crippen LogP contribution is -1.96. The highest BCUT2D eigenvalue weighted by Crippen LogP contribution is 2.34. The van der Waals surface area contributed by atoms with Crippen molar-refractivity contribution >= 4 is 21.8 Å². The Morgan fingerprint density at radius 3 is 2.50 bits per heavy atom. The van der Waals surface area contributed by atoms with Gasteiger partial charge in [-0.05, 0) is 43.9 Å². The van der Waals surface area contributed by atoms with Gasteiger partial charge in [-0.3, -0.25) is 0 Å². The Bertz CT molecular complexity index is 779. The summed E-state index contributed by atoms with van der Waals surface area (Å²) in [4.78, 5) is 0. The van der Waals surface area contributed by atoms with Gasteiger partial charge in [0.05, 0.1) is 5.52 Å². The van der Waals surface area contributed by atoms with Crippen molar-refractivity contribution in [3.05, 3.63) is 47.5 Å². The quantitative estimate of drug-likeness (QED) is 0.474. The minimum absolute atomic E-state index is 1.03. The molecule has 2 aromatic carbocycles. The fraction of sp³-hybridized carbons (Fsp3) is 0.429. The van der Waals surface area contributed by atoms with Crippen LogP contribution in [0.4, 0.5) is 0 Å². The molecule has 1 heteroatoms. The molecule has 1 nitrogen and oxygen atoms in total. The zero-order chi connectivity index (χ0) is 15.5. The topological polar surface area (TPSA) is 4.93 Å². The van der Waals surface area contributed by atoms with E-state index < -0.39 is 0 Å². The number of hydrogen-bond acceptors (Lipinski definition) is 0. The van der Waals surface area contributed by atoms with Gasteiger partial charge in [-0.1, -0.05) is 56.5 Å². The van der Waals surface area contributed by atoms with Crippen molar-refractivity contribution in [2.75, 3.05) is 0 Å². The number of para-hydroxylation sites is 1. The van der Waals surface area contributed by atoms with Gasteiger partial charge in [0, 0.05) is 22.8 Å². The number of aryl methyl sites for hydroxylation is 3. The van der Waals surface area contributed by atoms with Gasteiger partial charge in [-0.2, -0.15) is 0 Å². The first-order valence-electron chi connectivity index (χ1n) is 8.77. The normalized spacial score (nSPS) is 11.6. The van der Waals surface area contributed by atoms with Gasteiger partial charge in [0.15, 0.2) is 0 Å². The second-order valence-electron chi connectivity index (χ2n) is 6.34. The average molecular weight is 293 g/mol. The monoisotopic (exact) mass is 293 g/mol. The summed E-state index contributed by atoms with van der Waals surface area (Å²) >= 11 is 0. The van der Waals surface area contributed by atoms with Crippen molar-refractivity contribution < 1.29 is 0 Å². The highest BCUT2D eigenvalue weighted by atomic mass is 15.0. The summed E-state index contributed by atoms with van der Waals surface area (Å²) in [5.74, 6) is 0. The van der Waals surface area contributed by atoms with Crippen molar-refractivity contribution in [2.24, 2.45) is 0 Å². The molecular formula is C21H27N. The standard InChI is InChI=1S/C21H27N/c1-4-6-7-8-11-17-15-14-16(3)21-20(17)18-12-9-10-13-19(18)22(21)5-2/h9-10,12-15H,4-8,11H2,1-3H3. The summed E-state index contributed by atoms with van der Waals surface area (Å²) in [7, 11) is 0. The summed E-state index contributed by atoms with van der Waals surface area (Å²) in [5, 5.41) is 2.92. The Morgan fingerprint density at radius 1 is 0.909 bits per heavy atom. The minimum atomic E-state index is 1.03. The SMILES string of the molecule is CCCCCCc1ccc(C)c2c1c1ccccc1n2CC. The molecule has 0 spiro atoms.